The van der Waals surface area contributed by atoms with E-state index in [9.17, 15) is 0 Å². The van der Waals surface area contributed by atoms with E-state index in [0.717, 1.165) is 33.5 Å². The lowest BCUT2D eigenvalue weighted by Crippen LogP contribution is -2.15. The van der Waals surface area contributed by atoms with Gasteiger partial charge in [-0.1, -0.05) is 166 Å². The lowest BCUT2D eigenvalue weighted by molar-refractivity contribution is 0.661. The van der Waals surface area contributed by atoms with Gasteiger partial charge in [-0.2, -0.15) is 0 Å². The molecule has 12 rings (SSSR count). The quantitative estimate of drug-likeness (QED) is 0.168. The molecule has 0 saturated carbocycles. The van der Waals surface area contributed by atoms with Crippen LogP contribution in [0.3, 0.4) is 0 Å². The van der Waals surface area contributed by atoms with E-state index < -0.39 is 0 Å². The second-order valence-corrected chi connectivity index (χ2v) is 16.2. The maximum absolute atomic E-state index is 5.36. The Labute approximate surface area is 336 Å². The first-order valence-corrected chi connectivity index (χ1v) is 20.1. The Kier molecular flexibility index (Phi) is 6.98. The van der Waals surface area contributed by atoms with E-state index in [1.54, 1.807) is 0 Å². The van der Waals surface area contributed by atoms with Crippen molar-refractivity contribution in [3.8, 4) is 50.7 Å². The predicted molar refractivity (Wildman–Crippen MR) is 243 cm³/mol. The fourth-order valence-corrected chi connectivity index (χ4v) is 9.74. The van der Waals surface area contributed by atoms with Crippen LogP contribution in [-0.4, -0.2) is 14.5 Å². The van der Waals surface area contributed by atoms with Crippen LogP contribution in [0.15, 0.2) is 188 Å². The minimum Gasteiger partial charge on any atom is -0.278 e. The van der Waals surface area contributed by atoms with E-state index in [1.165, 1.54) is 76.5 Å². The fraction of sp³-hybridized carbons (Fsp3) is 0.0545. The molecule has 3 heteroatoms. The third kappa shape index (κ3) is 4.80. The van der Waals surface area contributed by atoms with Gasteiger partial charge in [0.05, 0.1) is 22.4 Å². The van der Waals surface area contributed by atoms with Crippen molar-refractivity contribution in [3.63, 3.8) is 0 Å². The number of nitrogens with zero attached hydrogens (tertiary/aromatic N) is 3. The van der Waals surface area contributed by atoms with Gasteiger partial charge in [-0.25, -0.2) is 9.97 Å². The molecule has 0 radical (unpaired) electrons. The number of fused-ring (bicyclic) bond motifs is 12. The standard InChI is InChI=1S/C55H37N3/c1-55(2)48-24-14-13-23-43(48)45-31-47-46-30-37(36-25-27-42-40-21-10-9-19-38(40)39-20-11-12-22-41(39)44(42)29-36)26-28-52(46)58(53(47)32-49(45)55)54-56-50(34-15-5-3-6-16-34)33-51(57-54)35-17-7-4-8-18-35/h3-33H,1-2H3. The van der Waals surface area contributed by atoms with Gasteiger partial charge < -0.3 is 0 Å². The molecule has 0 atom stereocenters. The van der Waals surface area contributed by atoms with Crippen molar-refractivity contribution >= 4 is 54.1 Å². The Bertz CT molecular complexity index is 3370. The minimum absolute atomic E-state index is 0.160. The first-order chi connectivity index (χ1) is 28.5. The molecule has 0 bridgehead atoms. The van der Waals surface area contributed by atoms with Crippen molar-refractivity contribution < 1.29 is 0 Å². The van der Waals surface area contributed by atoms with E-state index in [2.05, 4.69) is 206 Å². The van der Waals surface area contributed by atoms with Crippen molar-refractivity contribution in [1.29, 1.82) is 0 Å². The smallest absolute Gasteiger partial charge is 0.235 e. The molecule has 2 aromatic heterocycles. The summed E-state index contributed by atoms with van der Waals surface area (Å²) >= 11 is 0. The highest BCUT2D eigenvalue weighted by Crippen LogP contribution is 2.51. The summed E-state index contributed by atoms with van der Waals surface area (Å²) < 4.78 is 2.30. The minimum atomic E-state index is -0.160. The van der Waals surface area contributed by atoms with Crippen molar-refractivity contribution in [3.05, 3.63) is 199 Å². The molecule has 0 unspecified atom stereocenters. The Morgan fingerprint density at radius 3 is 1.48 bits per heavy atom. The number of aromatic nitrogens is 3. The summed E-state index contributed by atoms with van der Waals surface area (Å²) in [4.78, 5) is 10.7. The summed E-state index contributed by atoms with van der Waals surface area (Å²) in [5.41, 5.74) is 13.6. The Balaban J connectivity index is 1.14. The molecule has 0 fully saturated rings. The highest BCUT2D eigenvalue weighted by Gasteiger charge is 2.36. The summed E-state index contributed by atoms with van der Waals surface area (Å²) in [6, 6.07) is 68.3. The summed E-state index contributed by atoms with van der Waals surface area (Å²) in [7, 11) is 0. The van der Waals surface area contributed by atoms with E-state index in [0.29, 0.717) is 5.95 Å². The number of hydrogen-bond donors (Lipinski definition) is 0. The molecule has 272 valence electrons. The van der Waals surface area contributed by atoms with Crippen molar-refractivity contribution in [2.24, 2.45) is 0 Å². The second-order valence-electron chi connectivity index (χ2n) is 16.2. The molecule has 2 heterocycles. The van der Waals surface area contributed by atoms with Crippen LogP contribution in [0.5, 0.6) is 0 Å². The zero-order valence-corrected chi connectivity index (χ0v) is 32.2. The molecule has 3 nitrogen and oxygen atoms in total. The van der Waals surface area contributed by atoms with Gasteiger partial charge in [0.1, 0.15) is 0 Å². The molecule has 1 aliphatic carbocycles. The summed E-state index contributed by atoms with van der Waals surface area (Å²) in [5.74, 6) is 0.658. The Morgan fingerprint density at radius 2 is 0.845 bits per heavy atom. The van der Waals surface area contributed by atoms with Crippen LogP contribution in [0.2, 0.25) is 0 Å². The zero-order chi connectivity index (χ0) is 38.5. The van der Waals surface area contributed by atoms with Crippen molar-refractivity contribution in [2.45, 2.75) is 19.3 Å². The van der Waals surface area contributed by atoms with E-state index >= 15 is 0 Å². The SMILES string of the molecule is CC1(C)c2ccccc2-c2cc3c4cc(-c5ccc6c7ccccc7c7ccccc7c6c5)ccc4n(-c4nc(-c5ccccc5)cc(-c5ccccc5)n4)c3cc21. The van der Waals surface area contributed by atoms with Crippen molar-refractivity contribution in [1.82, 2.24) is 14.5 Å². The Morgan fingerprint density at radius 1 is 0.345 bits per heavy atom. The molecule has 0 amide bonds. The van der Waals surface area contributed by atoms with Gasteiger partial charge in [-0.05, 0) is 102 Å². The van der Waals surface area contributed by atoms with Crippen LogP contribution in [0.4, 0.5) is 0 Å². The van der Waals surface area contributed by atoms with Crippen LogP contribution in [0.25, 0.3) is 105 Å². The van der Waals surface area contributed by atoms with Crippen molar-refractivity contribution in [2.75, 3.05) is 0 Å². The van der Waals surface area contributed by atoms with E-state index in [1.807, 2.05) is 0 Å². The summed E-state index contributed by atoms with van der Waals surface area (Å²) in [5, 5.41) is 10.0. The van der Waals surface area contributed by atoms with Gasteiger partial charge in [-0.15, -0.1) is 0 Å². The van der Waals surface area contributed by atoms with Crippen LogP contribution < -0.4 is 0 Å². The highest BCUT2D eigenvalue weighted by molar-refractivity contribution is 6.26. The highest BCUT2D eigenvalue weighted by atomic mass is 15.2. The van der Waals surface area contributed by atoms with Crippen LogP contribution in [0.1, 0.15) is 25.0 Å². The average Bonchev–Trinajstić information content (AvgIpc) is 3.73. The maximum Gasteiger partial charge on any atom is 0.235 e. The third-order valence-electron chi connectivity index (χ3n) is 12.6. The number of rotatable bonds is 4. The van der Waals surface area contributed by atoms with Crippen LogP contribution in [-0.2, 0) is 5.41 Å². The molecule has 58 heavy (non-hydrogen) atoms. The van der Waals surface area contributed by atoms with Crippen LogP contribution >= 0.6 is 0 Å². The van der Waals surface area contributed by atoms with Gasteiger partial charge in [0.25, 0.3) is 0 Å². The largest absolute Gasteiger partial charge is 0.278 e. The predicted octanol–water partition coefficient (Wildman–Crippen LogP) is 14.3. The summed E-state index contributed by atoms with van der Waals surface area (Å²) in [6.07, 6.45) is 0. The number of hydrogen-bond acceptors (Lipinski definition) is 2. The zero-order valence-electron chi connectivity index (χ0n) is 32.2. The second kappa shape index (κ2) is 12.3. The molecule has 1 aliphatic rings. The van der Waals surface area contributed by atoms with Crippen LogP contribution in [0, 0.1) is 0 Å². The third-order valence-corrected chi connectivity index (χ3v) is 12.6. The van der Waals surface area contributed by atoms with Gasteiger partial charge in [0, 0.05) is 27.3 Å². The molecule has 11 aromatic rings. The lowest BCUT2D eigenvalue weighted by Gasteiger charge is -2.21. The fourth-order valence-electron chi connectivity index (χ4n) is 9.74. The molecule has 0 aliphatic heterocycles. The molecule has 0 spiro atoms. The lowest BCUT2D eigenvalue weighted by atomic mass is 9.82. The molecule has 9 aromatic carbocycles. The molecule has 0 N–H and O–H groups in total. The first kappa shape index (κ1) is 32.8. The average molecular weight is 740 g/mol. The van der Waals surface area contributed by atoms with E-state index in [-0.39, 0.29) is 5.41 Å². The summed E-state index contributed by atoms with van der Waals surface area (Å²) in [6.45, 7) is 4.70. The topological polar surface area (TPSA) is 30.7 Å². The maximum atomic E-state index is 5.36. The van der Waals surface area contributed by atoms with Gasteiger partial charge >= 0.3 is 0 Å². The normalized spacial score (nSPS) is 13.1. The monoisotopic (exact) mass is 739 g/mol. The Hall–Kier alpha value is -7.36. The number of benzene rings is 9. The van der Waals surface area contributed by atoms with E-state index in [4.69, 9.17) is 9.97 Å². The molecular formula is C55H37N3. The first-order valence-electron chi connectivity index (χ1n) is 20.1. The van der Waals surface area contributed by atoms with Gasteiger partial charge in [0.2, 0.25) is 5.95 Å². The van der Waals surface area contributed by atoms with Gasteiger partial charge in [0.15, 0.2) is 0 Å². The van der Waals surface area contributed by atoms with Gasteiger partial charge in [-0.3, -0.25) is 4.57 Å². The molecule has 0 saturated heterocycles. The molecular weight excluding hydrogens is 703 g/mol.